The summed E-state index contributed by atoms with van der Waals surface area (Å²) in [6.45, 7) is 2.82. The molecule has 4 nitrogen and oxygen atoms in total. The third kappa shape index (κ3) is 6.20. The van der Waals surface area contributed by atoms with E-state index >= 15 is 0 Å². The monoisotopic (exact) mass is 361 g/mol. The maximum atomic E-state index is 11.9. The van der Waals surface area contributed by atoms with E-state index in [0.29, 0.717) is 29.7 Å². The predicted octanol–water partition coefficient (Wildman–Crippen LogP) is 3.98. The lowest BCUT2D eigenvalue weighted by molar-refractivity contribution is -0.116. The molecule has 0 radical (unpaired) electrons. The lowest BCUT2D eigenvalue weighted by Gasteiger charge is -2.14. The van der Waals surface area contributed by atoms with E-state index in [1.54, 1.807) is 12.3 Å². The molecule has 0 saturated carbocycles. The fourth-order valence-electron chi connectivity index (χ4n) is 2.14. The first-order valence-electron chi connectivity index (χ1n) is 6.87. The van der Waals surface area contributed by atoms with Gasteiger partial charge in [-0.2, -0.15) is 0 Å². The molecule has 1 rings (SSSR count). The highest BCUT2D eigenvalue weighted by Gasteiger charge is 2.12. The Kier molecular flexibility index (Phi) is 8.11. The van der Waals surface area contributed by atoms with Gasteiger partial charge >= 0.3 is 0 Å². The van der Waals surface area contributed by atoms with Crippen molar-refractivity contribution in [3.63, 3.8) is 0 Å². The summed E-state index contributed by atoms with van der Waals surface area (Å²) in [5, 5.41) is 3.10. The molecule has 20 heavy (non-hydrogen) atoms. The Morgan fingerprint density at radius 1 is 1.50 bits per heavy atom. The third-order valence-corrected chi connectivity index (χ3v) is 3.87. The molecule has 0 spiro atoms. The Bertz CT molecular complexity index is 436. The van der Waals surface area contributed by atoms with Crippen molar-refractivity contribution in [3.05, 3.63) is 21.9 Å². The molecule has 1 heterocycles. The number of nitrogens with one attached hydrogen (secondary N) is 1. The first kappa shape index (κ1) is 17.4. The number of aromatic nitrogens is 1. The van der Waals surface area contributed by atoms with Gasteiger partial charge in [0.2, 0.25) is 5.91 Å². The van der Waals surface area contributed by atoms with E-state index in [0.717, 1.165) is 30.2 Å². The lowest BCUT2D eigenvalue weighted by Crippen LogP contribution is -2.15. The third-order valence-electron chi connectivity index (χ3n) is 3.13. The highest BCUT2D eigenvalue weighted by molar-refractivity contribution is 9.10. The number of carbonyl (C=O) groups excluding carboxylic acids is 1. The summed E-state index contributed by atoms with van der Waals surface area (Å²) >= 11 is 9.24. The Morgan fingerprint density at radius 2 is 2.25 bits per heavy atom. The van der Waals surface area contributed by atoms with Gasteiger partial charge in [-0.1, -0.05) is 31.4 Å². The molecule has 0 bridgehead atoms. The maximum Gasteiger partial charge on any atom is 0.224 e. The molecule has 3 N–H and O–H groups in total. The zero-order valence-electron chi connectivity index (χ0n) is 11.7. The van der Waals surface area contributed by atoms with E-state index < -0.39 is 0 Å². The molecule has 0 aromatic carbocycles. The van der Waals surface area contributed by atoms with Crippen molar-refractivity contribution in [1.82, 2.24) is 4.98 Å². The van der Waals surface area contributed by atoms with E-state index in [4.69, 9.17) is 17.3 Å². The molecular formula is C14H21BrClN3O. The Morgan fingerprint density at radius 3 is 2.90 bits per heavy atom. The van der Waals surface area contributed by atoms with Gasteiger partial charge in [-0.25, -0.2) is 4.98 Å². The van der Waals surface area contributed by atoms with Gasteiger partial charge < -0.3 is 11.1 Å². The lowest BCUT2D eigenvalue weighted by atomic mass is 9.94. The van der Waals surface area contributed by atoms with Crippen LogP contribution in [0, 0.1) is 5.92 Å². The van der Waals surface area contributed by atoms with Gasteiger partial charge in [-0.15, -0.1) is 0 Å². The molecule has 0 saturated heterocycles. The van der Waals surface area contributed by atoms with Crippen LogP contribution in [0.3, 0.4) is 0 Å². The summed E-state index contributed by atoms with van der Waals surface area (Å²) in [4.78, 5) is 15.9. The van der Waals surface area contributed by atoms with Gasteiger partial charge in [0, 0.05) is 17.1 Å². The molecule has 112 valence electrons. The van der Waals surface area contributed by atoms with Crippen molar-refractivity contribution >= 4 is 39.1 Å². The number of amides is 1. The standard InChI is InChI=1S/C14H21BrClN3O/c1-2-3-10(6-7-17)4-5-13(20)19-12-8-11(15)9-18-14(12)16/h8-10H,2-7,17H2,1H3,(H,19,20). The van der Waals surface area contributed by atoms with Gasteiger partial charge in [0.1, 0.15) is 0 Å². The maximum absolute atomic E-state index is 11.9. The fraction of sp³-hybridized carbons (Fsp3) is 0.571. The van der Waals surface area contributed by atoms with Crippen molar-refractivity contribution in [2.45, 2.75) is 39.0 Å². The van der Waals surface area contributed by atoms with Crippen LogP contribution in [0.5, 0.6) is 0 Å². The minimum Gasteiger partial charge on any atom is -0.330 e. The summed E-state index contributed by atoms with van der Waals surface area (Å²) in [7, 11) is 0. The van der Waals surface area contributed by atoms with Crippen LogP contribution in [0.2, 0.25) is 5.15 Å². The molecule has 1 aromatic rings. The molecule has 0 aliphatic heterocycles. The number of nitrogens with two attached hydrogens (primary N) is 1. The van der Waals surface area contributed by atoms with E-state index in [9.17, 15) is 4.79 Å². The average Bonchev–Trinajstić information content (AvgIpc) is 2.41. The zero-order chi connectivity index (χ0) is 15.0. The topological polar surface area (TPSA) is 68.0 Å². The number of anilines is 1. The van der Waals surface area contributed by atoms with Gasteiger partial charge in [0.25, 0.3) is 0 Å². The summed E-state index contributed by atoms with van der Waals surface area (Å²) in [5.74, 6) is 0.483. The summed E-state index contributed by atoms with van der Waals surface area (Å²) in [6.07, 6.45) is 6.14. The minimum atomic E-state index is -0.0371. The first-order valence-corrected chi connectivity index (χ1v) is 8.04. The van der Waals surface area contributed by atoms with Crippen LogP contribution in [0.15, 0.2) is 16.7 Å². The largest absolute Gasteiger partial charge is 0.330 e. The number of hydrogen-bond acceptors (Lipinski definition) is 3. The number of halogens is 2. The Labute approximate surface area is 133 Å². The zero-order valence-corrected chi connectivity index (χ0v) is 14.0. The second-order valence-electron chi connectivity index (χ2n) is 4.81. The van der Waals surface area contributed by atoms with Crippen LogP contribution in [-0.4, -0.2) is 17.4 Å². The summed E-state index contributed by atoms with van der Waals surface area (Å²) in [6, 6.07) is 1.75. The van der Waals surface area contributed by atoms with Crippen LogP contribution in [0.25, 0.3) is 0 Å². The van der Waals surface area contributed by atoms with E-state index in [1.165, 1.54) is 0 Å². The molecule has 1 unspecified atom stereocenters. The smallest absolute Gasteiger partial charge is 0.224 e. The van der Waals surface area contributed by atoms with E-state index in [1.807, 2.05) is 0 Å². The number of rotatable bonds is 8. The van der Waals surface area contributed by atoms with Crippen molar-refractivity contribution in [2.75, 3.05) is 11.9 Å². The molecule has 1 aromatic heterocycles. The summed E-state index contributed by atoms with van der Waals surface area (Å²) in [5.41, 5.74) is 6.13. The van der Waals surface area contributed by atoms with Crippen molar-refractivity contribution in [3.8, 4) is 0 Å². The second kappa shape index (κ2) is 9.32. The summed E-state index contributed by atoms with van der Waals surface area (Å²) < 4.78 is 0.782. The number of carbonyl (C=O) groups is 1. The highest BCUT2D eigenvalue weighted by Crippen LogP contribution is 2.24. The highest BCUT2D eigenvalue weighted by atomic mass is 79.9. The molecule has 1 atom stereocenters. The second-order valence-corrected chi connectivity index (χ2v) is 6.08. The molecule has 0 fully saturated rings. The number of hydrogen-bond donors (Lipinski definition) is 2. The molecule has 0 aliphatic carbocycles. The van der Waals surface area contributed by atoms with Gasteiger partial charge in [-0.05, 0) is 47.3 Å². The van der Waals surface area contributed by atoms with Gasteiger partial charge in [0.15, 0.2) is 5.15 Å². The molecule has 6 heteroatoms. The Balaban J connectivity index is 2.48. The first-order chi connectivity index (χ1) is 9.56. The van der Waals surface area contributed by atoms with Crippen LogP contribution in [-0.2, 0) is 4.79 Å². The van der Waals surface area contributed by atoms with Crippen LogP contribution < -0.4 is 11.1 Å². The van der Waals surface area contributed by atoms with E-state index in [-0.39, 0.29) is 5.91 Å². The predicted molar refractivity (Wildman–Crippen MR) is 86.9 cm³/mol. The average molecular weight is 363 g/mol. The van der Waals surface area contributed by atoms with Crippen molar-refractivity contribution in [2.24, 2.45) is 11.7 Å². The molecular weight excluding hydrogens is 342 g/mol. The normalized spacial score (nSPS) is 12.2. The SMILES string of the molecule is CCCC(CCN)CCC(=O)Nc1cc(Br)cnc1Cl. The minimum absolute atomic E-state index is 0.0371. The fourth-order valence-corrected chi connectivity index (χ4v) is 2.62. The number of nitrogens with zero attached hydrogens (tertiary/aromatic N) is 1. The van der Waals surface area contributed by atoms with Crippen LogP contribution in [0.1, 0.15) is 39.0 Å². The van der Waals surface area contributed by atoms with E-state index in [2.05, 4.69) is 33.2 Å². The van der Waals surface area contributed by atoms with Crippen LogP contribution >= 0.6 is 27.5 Å². The van der Waals surface area contributed by atoms with Gasteiger partial charge in [0.05, 0.1) is 5.69 Å². The Hall–Kier alpha value is -0.650. The van der Waals surface area contributed by atoms with Crippen LogP contribution in [0.4, 0.5) is 5.69 Å². The molecule has 0 aliphatic rings. The quantitative estimate of drug-likeness (QED) is 0.687. The number of pyridine rings is 1. The van der Waals surface area contributed by atoms with Gasteiger partial charge in [-0.3, -0.25) is 4.79 Å². The molecule has 1 amide bonds. The van der Waals surface area contributed by atoms with Crippen molar-refractivity contribution in [1.29, 1.82) is 0 Å². The van der Waals surface area contributed by atoms with Crippen molar-refractivity contribution < 1.29 is 4.79 Å².